The minimum Gasteiger partial charge on any atom is -0.495 e. The summed E-state index contributed by atoms with van der Waals surface area (Å²) in [5.41, 5.74) is 4.04. The quantitative estimate of drug-likeness (QED) is 0.476. The van der Waals surface area contributed by atoms with Crippen molar-refractivity contribution >= 4 is 29.2 Å². The molecule has 7 nitrogen and oxygen atoms in total. The van der Waals surface area contributed by atoms with Crippen LogP contribution in [0.25, 0.3) is 0 Å². The third-order valence-electron chi connectivity index (χ3n) is 4.74. The fraction of sp³-hybridized carbons (Fsp3) is 0.227. The van der Waals surface area contributed by atoms with Gasteiger partial charge in [-0.1, -0.05) is 29.8 Å². The van der Waals surface area contributed by atoms with Crippen LogP contribution in [0.3, 0.4) is 0 Å². The second-order valence-electron chi connectivity index (χ2n) is 6.73. The van der Waals surface area contributed by atoms with Crippen LogP contribution in [0.1, 0.15) is 27.3 Å². The summed E-state index contributed by atoms with van der Waals surface area (Å²) < 4.78 is 7.21. The highest BCUT2D eigenvalue weighted by atomic mass is 35.5. The first kappa shape index (κ1) is 21.4. The van der Waals surface area contributed by atoms with Crippen LogP contribution in [-0.2, 0) is 13.6 Å². The van der Waals surface area contributed by atoms with Crippen molar-refractivity contribution in [3.05, 3.63) is 76.1 Å². The van der Waals surface area contributed by atoms with Crippen LogP contribution in [0.2, 0.25) is 5.02 Å². The summed E-state index contributed by atoms with van der Waals surface area (Å²) >= 11 is 6.14. The lowest BCUT2D eigenvalue weighted by molar-refractivity contribution is 0.0977. The molecule has 30 heavy (non-hydrogen) atoms. The van der Waals surface area contributed by atoms with Crippen LogP contribution < -0.4 is 15.4 Å². The van der Waals surface area contributed by atoms with E-state index in [1.165, 1.54) is 0 Å². The number of rotatable bonds is 5. The Labute approximate surface area is 180 Å². The standard InChI is InChI=1S/C22H24ClN5O2/c1-14-18(15(2)28(3)27-14)13-24-22(26-21(29)16-8-6-5-7-9-16)25-19-12-17(23)10-11-20(19)30-4/h5-12H,13H2,1-4H3,(H2,24,25,26,29). The van der Waals surface area contributed by atoms with Crippen molar-refractivity contribution in [3.63, 3.8) is 0 Å². The molecule has 0 aliphatic carbocycles. The van der Waals surface area contributed by atoms with Crippen LogP contribution in [0.5, 0.6) is 5.75 Å². The lowest BCUT2D eigenvalue weighted by Gasteiger charge is -2.15. The second-order valence-corrected chi connectivity index (χ2v) is 7.16. The Kier molecular flexibility index (Phi) is 6.74. The average Bonchev–Trinajstić information content (AvgIpc) is 2.98. The molecule has 0 atom stereocenters. The number of hydrogen-bond donors (Lipinski definition) is 2. The zero-order valence-electron chi connectivity index (χ0n) is 17.4. The molecule has 0 aliphatic rings. The lowest BCUT2D eigenvalue weighted by Crippen LogP contribution is -2.36. The third kappa shape index (κ3) is 4.99. The van der Waals surface area contributed by atoms with Crippen LogP contribution in [0.4, 0.5) is 5.69 Å². The molecule has 0 bridgehead atoms. The zero-order valence-corrected chi connectivity index (χ0v) is 18.1. The lowest BCUT2D eigenvalue weighted by atomic mass is 10.2. The molecule has 1 aromatic heterocycles. The highest BCUT2D eigenvalue weighted by molar-refractivity contribution is 6.31. The molecule has 3 rings (SSSR count). The molecule has 2 N–H and O–H groups in total. The number of anilines is 1. The van der Waals surface area contributed by atoms with Crippen LogP contribution in [-0.4, -0.2) is 28.8 Å². The van der Waals surface area contributed by atoms with E-state index in [1.807, 2.05) is 43.8 Å². The molecular weight excluding hydrogens is 402 g/mol. The second kappa shape index (κ2) is 9.45. The van der Waals surface area contributed by atoms with Gasteiger partial charge in [-0.2, -0.15) is 5.10 Å². The Morgan fingerprint density at radius 2 is 1.93 bits per heavy atom. The van der Waals surface area contributed by atoms with Crippen molar-refractivity contribution in [2.24, 2.45) is 12.0 Å². The van der Waals surface area contributed by atoms with Gasteiger partial charge >= 0.3 is 0 Å². The number of carbonyl (C=O) groups is 1. The van der Waals surface area contributed by atoms with Gasteiger partial charge in [0.1, 0.15) is 5.75 Å². The van der Waals surface area contributed by atoms with Gasteiger partial charge in [-0.05, 0) is 44.2 Å². The van der Waals surface area contributed by atoms with E-state index in [9.17, 15) is 4.79 Å². The van der Waals surface area contributed by atoms with E-state index in [-0.39, 0.29) is 11.9 Å². The number of halogens is 1. The average molecular weight is 426 g/mol. The Bertz CT molecular complexity index is 1080. The molecule has 0 unspecified atom stereocenters. The first-order chi connectivity index (χ1) is 14.4. The number of ether oxygens (including phenoxy) is 1. The maximum atomic E-state index is 12.7. The summed E-state index contributed by atoms with van der Waals surface area (Å²) in [5, 5.41) is 10.9. The Hall–Kier alpha value is -3.32. The van der Waals surface area contributed by atoms with Gasteiger partial charge < -0.3 is 10.1 Å². The van der Waals surface area contributed by atoms with Gasteiger partial charge in [-0.15, -0.1) is 0 Å². The van der Waals surface area contributed by atoms with Crippen molar-refractivity contribution in [2.75, 3.05) is 12.4 Å². The van der Waals surface area contributed by atoms with E-state index < -0.39 is 0 Å². The number of hydrogen-bond acceptors (Lipinski definition) is 4. The SMILES string of the molecule is COc1ccc(Cl)cc1NC(=NCc1c(C)nn(C)c1C)NC(=O)c1ccccc1. The van der Waals surface area contributed by atoms with Gasteiger partial charge in [-0.25, -0.2) is 4.99 Å². The number of nitrogens with zero attached hydrogens (tertiary/aromatic N) is 3. The molecule has 3 aromatic rings. The van der Waals surface area contributed by atoms with Gasteiger partial charge in [0, 0.05) is 28.9 Å². The maximum absolute atomic E-state index is 12.7. The highest BCUT2D eigenvalue weighted by Gasteiger charge is 2.14. The van der Waals surface area contributed by atoms with E-state index >= 15 is 0 Å². The molecule has 156 valence electrons. The topological polar surface area (TPSA) is 80.5 Å². The zero-order chi connectivity index (χ0) is 21.7. The van der Waals surface area contributed by atoms with Crippen LogP contribution >= 0.6 is 11.6 Å². The largest absolute Gasteiger partial charge is 0.495 e. The molecule has 8 heteroatoms. The number of methoxy groups -OCH3 is 1. The Balaban J connectivity index is 1.91. The maximum Gasteiger partial charge on any atom is 0.257 e. The predicted molar refractivity (Wildman–Crippen MR) is 119 cm³/mol. The molecule has 2 aromatic carbocycles. The number of aryl methyl sites for hydroxylation is 2. The molecule has 0 spiro atoms. The molecule has 1 heterocycles. The summed E-state index contributed by atoms with van der Waals surface area (Å²) in [6.07, 6.45) is 0. The van der Waals surface area contributed by atoms with E-state index in [4.69, 9.17) is 16.3 Å². The Morgan fingerprint density at radius 1 is 1.20 bits per heavy atom. The minimum absolute atomic E-state index is 0.275. The van der Waals surface area contributed by atoms with Crippen molar-refractivity contribution < 1.29 is 9.53 Å². The van der Waals surface area contributed by atoms with Crippen molar-refractivity contribution in [1.82, 2.24) is 15.1 Å². The first-order valence-electron chi connectivity index (χ1n) is 9.39. The van der Waals surface area contributed by atoms with Crippen LogP contribution in [0, 0.1) is 13.8 Å². The Morgan fingerprint density at radius 3 is 2.57 bits per heavy atom. The van der Waals surface area contributed by atoms with Gasteiger partial charge in [0.05, 0.1) is 25.0 Å². The van der Waals surface area contributed by atoms with E-state index in [1.54, 1.807) is 37.4 Å². The molecule has 0 radical (unpaired) electrons. The van der Waals surface area contributed by atoms with Gasteiger partial charge in [0.25, 0.3) is 5.91 Å². The molecule has 0 aliphatic heterocycles. The molecule has 0 saturated heterocycles. The predicted octanol–water partition coefficient (Wildman–Crippen LogP) is 4.10. The minimum atomic E-state index is -0.275. The number of benzene rings is 2. The number of nitrogens with one attached hydrogen (secondary N) is 2. The van der Waals surface area contributed by atoms with Gasteiger partial charge in [0.2, 0.25) is 5.96 Å². The first-order valence-corrected chi connectivity index (χ1v) is 9.77. The van der Waals surface area contributed by atoms with Crippen LogP contribution in [0.15, 0.2) is 53.5 Å². The number of guanidine groups is 1. The van der Waals surface area contributed by atoms with Crippen molar-refractivity contribution in [1.29, 1.82) is 0 Å². The number of aromatic nitrogens is 2. The normalized spacial score (nSPS) is 11.3. The summed E-state index contributed by atoms with van der Waals surface area (Å²) in [6, 6.07) is 14.1. The molecule has 0 saturated carbocycles. The summed E-state index contributed by atoms with van der Waals surface area (Å²) in [4.78, 5) is 17.3. The van der Waals surface area contributed by atoms with Crippen molar-refractivity contribution in [3.8, 4) is 5.75 Å². The summed E-state index contributed by atoms with van der Waals surface area (Å²) in [6.45, 7) is 4.28. The van der Waals surface area contributed by atoms with E-state index in [0.29, 0.717) is 28.6 Å². The molecule has 1 amide bonds. The monoisotopic (exact) mass is 425 g/mol. The smallest absolute Gasteiger partial charge is 0.257 e. The van der Waals surface area contributed by atoms with E-state index in [2.05, 4.69) is 20.7 Å². The van der Waals surface area contributed by atoms with Gasteiger partial charge in [-0.3, -0.25) is 14.8 Å². The molecular formula is C22H24ClN5O2. The number of amides is 1. The summed E-state index contributed by atoms with van der Waals surface area (Å²) in [7, 11) is 3.46. The van der Waals surface area contributed by atoms with Gasteiger partial charge in [0.15, 0.2) is 0 Å². The number of aliphatic imine (C=N–C) groups is 1. The highest BCUT2D eigenvalue weighted by Crippen LogP contribution is 2.27. The third-order valence-corrected chi connectivity index (χ3v) is 4.97. The molecule has 0 fully saturated rings. The fourth-order valence-corrected chi connectivity index (χ4v) is 3.16. The fourth-order valence-electron chi connectivity index (χ4n) is 2.99. The summed E-state index contributed by atoms with van der Waals surface area (Å²) in [5.74, 6) is 0.587. The number of carbonyl (C=O) groups excluding carboxylic acids is 1. The van der Waals surface area contributed by atoms with Crippen molar-refractivity contribution in [2.45, 2.75) is 20.4 Å². The van der Waals surface area contributed by atoms with E-state index in [0.717, 1.165) is 17.0 Å².